The standard InChI is InChI=1S/C26H25N3O3/c1-27(2)20-15-13-19(14-16-20)23-22-24(32-29(23)21-11-7-4-8-12-21)26(31)28(25(22)30)17-18-9-5-3-6-10-18/h3-16,22-24H,17H2,1-2H3/t22-,23-,24-/m0/s1. The fraction of sp³-hybridized carbons (Fsp3) is 0.231. The number of amides is 2. The Morgan fingerprint density at radius 3 is 2.06 bits per heavy atom. The molecule has 2 aliphatic heterocycles. The summed E-state index contributed by atoms with van der Waals surface area (Å²) in [7, 11) is 3.97. The number of hydrogen-bond donors (Lipinski definition) is 0. The van der Waals surface area contributed by atoms with Crippen LogP contribution in [-0.4, -0.2) is 36.9 Å². The summed E-state index contributed by atoms with van der Waals surface area (Å²) in [5.74, 6) is -1.07. The maximum Gasteiger partial charge on any atom is 0.262 e. The average Bonchev–Trinajstić information content (AvgIpc) is 3.32. The van der Waals surface area contributed by atoms with Crippen LogP contribution < -0.4 is 9.96 Å². The van der Waals surface area contributed by atoms with E-state index in [9.17, 15) is 9.59 Å². The van der Waals surface area contributed by atoms with Crippen LogP contribution in [0.1, 0.15) is 17.2 Å². The summed E-state index contributed by atoms with van der Waals surface area (Å²) in [5, 5.41) is 1.73. The zero-order valence-corrected chi connectivity index (χ0v) is 18.1. The molecule has 2 saturated heterocycles. The van der Waals surface area contributed by atoms with Gasteiger partial charge in [-0.3, -0.25) is 19.3 Å². The number of benzene rings is 3. The Kier molecular flexibility index (Phi) is 5.15. The molecule has 0 radical (unpaired) electrons. The van der Waals surface area contributed by atoms with Gasteiger partial charge in [0.25, 0.3) is 5.91 Å². The van der Waals surface area contributed by atoms with Crippen molar-refractivity contribution in [1.82, 2.24) is 4.90 Å². The number of para-hydroxylation sites is 1. The molecule has 2 amide bonds. The molecule has 0 aliphatic carbocycles. The monoisotopic (exact) mass is 427 g/mol. The van der Waals surface area contributed by atoms with Crippen LogP contribution in [0.5, 0.6) is 0 Å². The van der Waals surface area contributed by atoms with Crippen molar-refractivity contribution in [3.8, 4) is 0 Å². The molecule has 3 aromatic carbocycles. The lowest BCUT2D eigenvalue weighted by Gasteiger charge is -2.29. The average molecular weight is 428 g/mol. The molecular weight excluding hydrogens is 402 g/mol. The molecule has 6 nitrogen and oxygen atoms in total. The first-order chi connectivity index (χ1) is 15.5. The third-order valence-electron chi connectivity index (χ3n) is 6.15. The molecule has 0 N–H and O–H groups in total. The lowest BCUT2D eigenvalue weighted by molar-refractivity contribution is -0.143. The van der Waals surface area contributed by atoms with Crippen molar-refractivity contribution in [3.63, 3.8) is 0 Å². The Hall–Kier alpha value is -3.64. The molecule has 3 aromatic rings. The Bertz CT molecular complexity index is 1120. The highest BCUT2D eigenvalue weighted by atomic mass is 16.7. The fourth-order valence-electron chi connectivity index (χ4n) is 4.50. The van der Waals surface area contributed by atoms with E-state index in [1.807, 2.05) is 104 Å². The zero-order valence-electron chi connectivity index (χ0n) is 18.1. The van der Waals surface area contributed by atoms with Crippen LogP contribution in [-0.2, 0) is 21.0 Å². The van der Waals surface area contributed by atoms with E-state index in [2.05, 4.69) is 0 Å². The van der Waals surface area contributed by atoms with E-state index in [4.69, 9.17) is 4.84 Å². The first kappa shape index (κ1) is 20.3. The molecule has 3 atom stereocenters. The first-order valence-electron chi connectivity index (χ1n) is 10.7. The predicted octanol–water partition coefficient (Wildman–Crippen LogP) is 3.80. The maximum atomic E-state index is 13.5. The van der Waals surface area contributed by atoms with Crippen molar-refractivity contribution < 1.29 is 14.4 Å². The van der Waals surface area contributed by atoms with Crippen LogP contribution >= 0.6 is 0 Å². The second-order valence-electron chi connectivity index (χ2n) is 8.39. The molecule has 0 spiro atoms. The molecule has 0 aromatic heterocycles. The molecule has 2 fully saturated rings. The highest BCUT2D eigenvalue weighted by Crippen LogP contribution is 2.47. The number of fused-ring (bicyclic) bond motifs is 1. The van der Waals surface area contributed by atoms with E-state index >= 15 is 0 Å². The lowest BCUT2D eigenvalue weighted by atomic mass is 9.90. The van der Waals surface area contributed by atoms with Gasteiger partial charge >= 0.3 is 0 Å². The van der Waals surface area contributed by atoms with Crippen LogP contribution in [0.25, 0.3) is 0 Å². The summed E-state index contributed by atoms with van der Waals surface area (Å²) >= 11 is 0. The highest BCUT2D eigenvalue weighted by molar-refractivity contribution is 6.07. The minimum Gasteiger partial charge on any atom is -0.378 e. The van der Waals surface area contributed by atoms with Crippen LogP contribution in [0.4, 0.5) is 11.4 Å². The summed E-state index contributed by atoms with van der Waals surface area (Å²) in [6.45, 7) is 0.256. The molecule has 2 heterocycles. The third kappa shape index (κ3) is 3.42. The summed E-state index contributed by atoms with van der Waals surface area (Å²) in [6.07, 6.45) is -0.829. The van der Waals surface area contributed by atoms with Crippen molar-refractivity contribution in [1.29, 1.82) is 0 Å². The number of hydroxylamine groups is 1. The van der Waals surface area contributed by atoms with Gasteiger partial charge in [0.2, 0.25) is 5.91 Å². The third-order valence-corrected chi connectivity index (χ3v) is 6.15. The number of nitrogens with zero attached hydrogens (tertiary/aromatic N) is 3. The van der Waals surface area contributed by atoms with Gasteiger partial charge in [-0.05, 0) is 35.4 Å². The maximum absolute atomic E-state index is 13.5. The Morgan fingerprint density at radius 2 is 1.44 bits per heavy atom. The minimum absolute atomic E-state index is 0.191. The number of likely N-dealkylation sites (tertiary alicyclic amines) is 1. The summed E-state index contributed by atoms with van der Waals surface area (Å²) in [4.78, 5) is 36.3. The van der Waals surface area contributed by atoms with Crippen molar-refractivity contribution in [3.05, 3.63) is 96.1 Å². The van der Waals surface area contributed by atoms with Gasteiger partial charge in [-0.1, -0.05) is 60.7 Å². The highest BCUT2D eigenvalue weighted by Gasteiger charge is 2.59. The first-order valence-corrected chi connectivity index (χ1v) is 10.7. The van der Waals surface area contributed by atoms with Gasteiger partial charge in [0.15, 0.2) is 6.10 Å². The van der Waals surface area contributed by atoms with Crippen molar-refractivity contribution >= 4 is 23.2 Å². The van der Waals surface area contributed by atoms with Crippen molar-refractivity contribution in [2.45, 2.75) is 18.7 Å². The number of rotatable bonds is 5. The van der Waals surface area contributed by atoms with E-state index in [0.29, 0.717) is 0 Å². The normalized spacial score (nSPS) is 22.4. The van der Waals surface area contributed by atoms with Gasteiger partial charge in [-0.15, -0.1) is 0 Å². The van der Waals surface area contributed by atoms with E-state index in [-0.39, 0.29) is 18.4 Å². The SMILES string of the molecule is CN(C)c1ccc([C@H]2[C@@H]3C(=O)N(Cc4ccccc4)C(=O)[C@H]3ON2c2ccccc2)cc1. The van der Waals surface area contributed by atoms with Gasteiger partial charge < -0.3 is 4.90 Å². The predicted molar refractivity (Wildman–Crippen MR) is 123 cm³/mol. The second-order valence-corrected chi connectivity index (χ2v) is 8.39. The largest absolute Gasteiger partial charge is 0.378 e. The Labute approximate surface area is 187 Å². The quantitative estimate of drug-likeness (QED) is 0.580. The number of hydrogen-bond acceptors (Lipinski definition) is 5. The molecular formula is C26H25N3O3. The second kappa shape index (κ2) is 8.13. The molecule has 0 unspecified atom stereocenters. The Morgan fingerprint density at radius 1 is 0.812 bits per heavy atom. The smallest absolute Gasteiger partial charge is 0.262 e. The molecule has 32 heavy (non-hydrogen) atoms. The number of carbonyl (C=O) groups excluding carboxylic acids is 2. The minimum atomic E-state index is -0.829. The van der Waals surface area contributed by atoms with Gasteiger partial charge in [0.1, 0.15) is 5.92 Å². The van der Waals surface area contributed by atoms with Gasteiger partial charge in [0, 0.05) is 19.8 Å². The van der Waals surface area contributed by atoms with Crippen molar-refractivity contribution in [2.24, 2.45) is 5.92 Å². The number of anilines is 2. The lowest BCUT2D eigenvalue weighted by Crippen LogP contribution is -2.36. The van der Waals surface area contributed by atoms with Gasteiger partial charge in [-0.2, -0.15) is 0 Å². The van der Waals surface area contributed by atoms with Crippen LogP contribution in [0, 0.1) is 5.92 Å². The van der Waals surface area contributed by atoms with E-state index < -0.39 is 18.1 Å². The van der Waals surface area contributed by atoms with Gasteiger partial charge in [0.05, 0.1) is 18.3 Å². The number of carbonyl (C=O) groups is 2. The van der Waals surface area contributed by atoms with Gasteiger partial charge in [-0.25, -0.2) is 5.06 Å². The summed E-state index contributed by atoms with van der Waals surface area (Å²) < 4.78 is 0. The fourth-order valence-corrected chi connectivity index (χ4v) is 4.50. The molecule has 2 aliphatic rings. The summed E-state index contributed by atoms with van der Waals surface area (Å²) in [6, 6.07) is 26.9. The van der Waals surface area contributed by atoms with Crippen LogP contribution in [0.3, 0.4) is 0 Å². The molecule has 6 heteroatoms. The van der Waals surface area contributed by atoms with E-state index in [1.165, 1.54) is 4.90 Å². The van der Waals surface area contributed by atoms with E-state index in [1.54, 1.807) is 5.06 Å². The molecule has 0 bridgehead atoms. The topological polar surface area (TPSA) is 53.1 Å². The van der Waals surface area contributed by atoms with Crippen LogP contribution in [0.15, 0.2) is 84.9 Å². The zero-order chi connectivity index (χ0) is 22.2. The summed E-state index contributed by atoms with van der Waals surface area (Å²) in [5.41, 5.74) is 3.74. The molecule has 162 valence electrons. The number of imide groups is 1. The Balaban J connectivity index is 1.51. The van der Waals surface area contributed by atoms with E-state index in [0.717, 1.165) is 22.5 Å². The van der Waals surface area contributed by atoms with Crippen LogP contribution in [0.2, 0.25) is 0 Å². The molecule has 5 rings (SSSR count). The molecule has 0 saturated carbocycles. The van der Waals surface area contributed by atoms with Crippen molar-refractivity contribution in [2.75, 3.05) is 24.1 Å².